The van der Waals surface area contributed by atoms with Crippen LogP contribution in [0.4, 0.5) is 0 Å². The first-order valence-electron chi connectivity index (χ1n) is 16.6. The summed E-state index contributed by atoms with van der Waals surface area (Å²) in [5, 5.41) is 8.07. The van der Waals surface area contributed by atoms with E-state index in [9.17, 15) is 14.4 Å². The Hall–Kier alpha value is -3.71. The normalized spacial score (nSPS) is 17.1. The predicted molar refractivity (Wildman–Crippen MR) is 182 cm³/mol. The molecule has 1 amide bonds. The highest BCUT2D eigenvalue weighted by Crippen LogP contribution is 2.32. The molecule has 1 aromatic carbocycles. The lowest BCUT2D eigenvalue weighted by molar-refractivity contribution is -0.177. The van der Waals surface area contributed by atoms with E-state index in [0.29, 0.717) is 44.9 Å². The van der Waals surface area contributed by atoms with Crippen molar-refractivity contribution < 1.29 is 33.1 Å². The van der Waals surface area contributed by atoms with Gasteiger partial charge in [0.05, 0.1) is 27.4 Å². The SMILES string of the molecule is CC(C)N1CCC(NC(=O)c2cc3c(C(=O)OC(COC=O)OC4CCCCC4)cccc3n2Cc2cc(-c3ccc(Cl)s3)on2)CC1. The molecule has 1 saturated heterocycles. The van der Waals surface area contributed by atoms with Crippen LogP contribution in [0, 0.1) is 0 Å². The maximum atomic E-state index is 13.9. The van der Waals surface area contributed by atoms with E-state index < -0.39 is 12.3 Å². The smallest absolute Gasteiger partial charge is 0.341 e. The zero-order chi connectivity index (χ0) is 33.6. The van der Waals surface area contributed by atoms with Gasteiger partial charge in [-0.1, -0.05) is 42.1 Å². The molecule has 0 radical (unpaired) electrons. The maximum Gasteiger partial charge on any atom is 0.341 e. The number of benzene rings is 1. The lowest BCUT2D eigenvalue weighted by Gasteiger charge is -2.34. The number of nitrogens with zero attached hydrogens (tertiary/aromatic N) is 3. The van der Waals surface area contributed by atoms with Crippen LogP contribution in [0.2, 0.25) is 4.34 Å². The first kappa shape index (κ1) is 34.2. The van der Waals surface area contributed by atoms with E-state index in [1.807, 2.05) is 22.8 Å². The Morgan fingerprint density at radius 1 is 1.10 bits per heavy atom. The largest absolute Gasteiger partial charge is 0.461 e. The first-order chi connectivity index (χ1) is 23.3. The lowest BCUT2D eigenvalue weighted by Crippen LogP contribution is -2.46. The molecule has 1 N–H and O–H groups in total. The minimum absolute atomic E-state index is 0.0288. The van der Waals surface area contributed by atoms with E-state index in [1.54, 1.807) is 24.3 Å². The fourth-order valence-electron chi connectivity index (χ4n) is 6.57. The Balaban J connectivity index is 1.29. The maximum absolute atomic E-state index is 13.9. The molecule has 0 bridgehead atoms. The average molecular weight is 697 g/mol. The second kappa shape index (κ2) is 15.7. The van der Waals surface area contributed by atoms with Gasteiger partial charge < -0.3 is 33.5 Å². The monoisotopic (exact) mass is 696 g/mol. The van der Waals surface area contributed by atoms with Gasteiger partial charge in [0.25, 0.3) is 12.4 Å². The number of nitrogens with one attached hydrogen (secondary N) is 1. The van der Waals surface area contributed by atoms with E-state index in [1.165, 1.54) is 11.3 Å². The summed E-state index contributed by atoms with van der Waals surface area (Å²) in [6.07, 6.45) is 5.47. The van der Waals surface area contributed by atoms with Gasteiger partial charge in [-0.3, -0.25) is 9.59 Å². The molecule has 48 heavy (non-hydrogen) atoms. The van der Waals surface area contributed by atoms with Crippen LogP contribution >= 0.6 is 22.9 Å². The summed E-state index contributed by atoms with van der Waals surface area (Å²) in [7, 11) is 0. The third-order valence-electron chi connectivity index (χ3n) is 9.12. The molecule has 2 fully saturated rings. The Morgan fingerprint density at radius 3 is 2.60 bits per heavy atom. The van der Waals surface area contributed by atoms with Crippen LogP contribution in [0.3, 0.4) is 0 Å². The number of ether oxygens (including phenoxy) is 3. The van der Waals surface area contributed by atoms with Crippen molar-refractivity contribution in [2.75, 3.05) is 19.7 Å². The van der Waals surface area contributed by atoms with Gasteiger partial charge >= 0.3 is 5.97 Å². The molecule has 4 aromatic rings. The average Bonchev–Trinajstić information content (AvgIpc) is 3.83. The zero-order valence-electron chi connectivity index (χ0n) is 27.2. The molecular weight excluding hydrogens is 656 g/mol. The van der Waals surface area contributed by atoms with Crippen molar-refractivity contribution >= 4 is 52.2 Å². The van der Waals surface area contributed by atoms with Crippen LogP contribution in [0.25, 0.3) is 21.5 Å². The summed E-state index contributed by atoms with van der Waals surface area (Å²) < 4.78 is 24.9. The number of amides is 1. The fraction of sp³-hybridized carbons (Fsp3) is 0.486. The van der Waals surface area contributed by atoms with Crippen LogP contribution in [0.15, 0.2) is 47.0 Å². The second-order valence-corrected chi connectivity index (χ2v) is 14.4. The number of piperidine rings is 1. The van der Waals surface area contributed by atoms with Gasteiger partial charge in [-0.15, -0.1) is 11.3 Å². The molecule has 6 rings (SSSR count). The number of esters is 1. The number of rotatable bonds is 13. The van der Waals surface area contributed by atoms with E-state index in [-0.39, 0.29) is 36.8 Å². The molecule has 1 atom stereocenters. The molecule has 2 aliphatic rings. The third kappa shape index (κ3) is 8.11. The van der Waals surface area contributed by atoms with Crippen molar-refractivity contribution in [2.24, 2.45) is 0 Å². The van der Waals surface area contributed by atoms with Gasteiger partial charge in [-0.25, -0.2) is 4.79 Å². The predicted octanol–water partition coefficient (Wildman–Crippen LogP) is 6.67. The molecule has 1 aliphatic heterocycles. The van der Waals surface area contributed by atoms with Crippen molar-refractivity contribution in [1.29, 1.82) is 0 Å². The zero-order valence-corrected chi connectivity index (χ0v) is 28.8. The number of carbonyl (C=O) groups excluding carboxylic acids is 3. The second-order valence-electron chi connectivity index (χ2n) is 12.7. The number of fused-ring (bicyclic) bond motifs is 1. The van der Waals surface area contributed by atoms with Crippen molar-refractivity contribution in [3.05, 3.63) is 63.8 Å². The molecule has 256 valence electrons. The van der Waals surface area contributed by atoms with E-state index in [4.69, 9.17) is 30.3 Å². The van der Waals surface area contributed by atoms with Crippen molar-refractivity contribution in [3.63, 3.8) is 0 Å². The topological polar surface area (TPSA) is 125 Å². The van der Waals surface area contributed by atoms with Crippen LogP contribution in [-0.4, -0.2) is 77.1 Å². The quantitative estimate of drug-likeness (QED) is 0.0927. The highest BCUT2D eigenvalue weighted by molar-refractivity contribution is 7.19. The van der Waals surface area contributed by atoms with Crippen LogP contribution < -0.4 is 5.32 Å². The molecule has 1 aliphatic carbocycles. The summed E-state index contributed by atoms with van der Waals surface area (Å²) in [6.45, 7) is 6.51. The van der Waals surface area contributed by atoms with Gasteiger partial charge in [0, 0.05) is 42.1 Å². The minimum atomic E-state index is -1.05. The fourth-order valence-corrected chi connectivity index (χ4v) is 7.56. The van der Waals surface area contributed by atoms with Gasteiger partial charge in [-0.2, -0.15) is 0 Å². The molecule has 3 aromatic heterocycles. The number of hydrogen-bond acceptors (Lipinski definition) is 10. The minimum Gasteiger partial charge on any atom is -0.461 e. The Bertz CT molecular complexity index is 1720. The standard InChI is InChI=1S/C35H41ClN4O7S/c1-22(2)39-15-13-23(14-16-39)37-34(42)29-18-27-26(35(43)46-33(20-44-21-41)45-25-7-4-3-5-8-25)9-6-10-28(27)40(29)19-24-17-30(47-38-24)31-11-12-32(36)48-31/h6,9-12,17-18,21-23,25,33H,3-5,7-8,13-16,19-20H2,1-2H3,(H,37,42). The summed E-state index contributed by atoms with van der Waals surface area (Å²) in [5.41, 5.74) is 1.91. The molecule has 13 heteroatoms. The lowest BCUT2D eigenvalue weighted by atomic mass is 9.98. The summed E-state index contributed by atoms with van der Waals surface area (Å²) in [6, 6.07) is 13.0. The number of thiophene rings is 1. The van der Waals surface area contributed by atoms with Gasteiger partial charge in [0.15, 0.2) is 12.4 Å². The van der Waals surface area contributed by atoms with Crippen LogP contribution in [-0.2, 0) is 25.5 Å². The first-order valence-corrected chi connectivity index (χ1v) is 17.8. The highest BCUT2D eigenvalue weighted by Gasteiger charge is 2.28. The molecule has 1 saturated carbocycles. The third-order valence-corrected chi connectivity index (χ3v) is 10.4. The summed E-state index contributed by atoms with van der Waals surface area (Å²) in [5.74, 6) is -0.299. The van der Waals surface area contributed by atoms with Crippen LogP contribution in [0.5, 0.6) is 0 Å². The van der Waals surface area contributed by atoms with E-state index in [2.05, 4.69) is 29.2 Å². The number of halogens is 1. The molecular formula is C35H41ClN4O7S. The number of hydrogen-bond donors (Lipinski definition) is 1. The number of likely N-dealkylation sites (tertiary alicyclic amines) is 1. The van der Waals surface area contributed by atoms with Gasteiger partial charge in [0.1, 0.15) is 11.4 Å². The van der Waals surface area contributed by atoms with Crippen molar-refractivity contribution in [3.8, 4) is 10.6 Å². The highest BCUT2D eigenvalue weighted by atomic mass is 35.5. The molecule has 0 spiro atoms. The Kier molecular flexibility index (Phi) is 11.2. The summed E-state index contributed by atoms with van der Waals surface area (Å²) >= 11 is 7.53. The van der Waals surface area contributed by atoms with E-state index in [0.717, 1.165) is 62.9 Å². The summed E-state index contributed by atoms with van der Waals surface area (Å²) in [4.78, 5) is 41.9. The van der Waals surface area contributed by atoms with Crippen molar-refractivity contribution in [1.82, 2.24) is 19.9 Å². The van der Waals surface area contributed by atoms with Gasteiger partial charge in [0.2, 0.25) is 6.29 Å². The molecule has 4 heterocycles. The van der Waals surface area contributed by atoms with Gasteiger partial charge in [-0.05, 0) is 69.9 Å². The van der Waals surface area contributed by atoms with Crippen LogP contribution in [0.1, 0.15) is 85.3 Å². The molecule has 1 unspecified atom stereocenters. The van der Waals surface area contributed by atoms with E-state index >= 15 is 0 Å². The Labute approximate surface area is 288 Å². The number of carbonyl (C=O) groups is 3. The number of aromatic nitrogens is 2. The molecule has 11 nitrogen and oxygen atoms in total. The van der Waals surface area contributed by atoms with Crippen molar-refractivity contribution in [2.45, 2.75) is 89.8 Å². The Morgan fingerprint density at radius 2 is 1.90 bits per heavy atom.